The van der Waals surface area contributed by atoms with Crippen molar-refractivity contribution in [2.75, 3.05) is 35.4 Å². The van der Waals surface area contributed by atoms with Crippen LogP contribution >= 0.6 is 0 Å². The molecule has 0 saturated carbocycles. The minimum atomic E-state index is 0.714. The van der Waals surface area contributed by atoms with E-state index in [0.29, 0.717) is 5.75 Å². The lowest BCUT2D eigenvalue weighted by atomic mass is 9.93. The van der Waals surface area contributed by atoms with Crippen LogP contribution in [0.2, 0.25) is 0 Å². The zero-order valence-electron chi connectivity index (χ0n) is 21.4. The number of rotatable bonds is 5. The zero-order valence-corrected chi connectivity index (χ0v) is 21.4. The molecule has 0 saturated heterocycles. The van der Waals surface area contributed by atoms with Gasteiger partial charge in [-0.1, -0.05) is 18.2 Å². The molecule has 0 amide bonds. The van der Waals surface area contributed by atoms with E-state index in [1.54, 1.807) is 21.3 Å². The summed E-state index contributed by atoms with van der Waals surface area (Å²) in [7, 11) is 11.5. The van der Waals surface area contributed by atoms with Crippen LogP contribution in [0, 0.1) is 6.92 Å². The monoisotopic (exact) mass is 468 g/mol. The number of hydrogen-bond acceptors (Lipinski definition) is 3. The van der Waals surface area contributed by atoms with Crippen LogP contribution in [0.15, 0.2) is 60.8 Å². The van der Waals surface area contributed by atoms with Crippen LogP contribution in [0.4, 0.5) is 5.69 Å². The number of nitrogens with zero attached hydrogens (tertiary/aromatic N) is 1. The number of aromatic nitrogens is 1. The molecule has 1 heterocycles. The first-order valence-corrected chi connectivity index (χ1v) is 11.8. The number of quaternary nitrogens is 1. The first-order chi connectivity index (χ1) is 16.9. The average molecular weight is 469 g/mol. The van der Waals surface area contributed by atoms with E-state index in [1.165, 1.54) is 16.0 Å². The maximum absolute atomic E-state index is 5.91. The van der Waals surface area contributed by atoms with Gasteiger partial charge in [-0.3, -0.25) is 0 Å². The SMILES string of the molecule is COc1cc2c(ccc3c4ccc(C)c(OC)c4c[n+](C)c23)c(-c2ccc([NH+](C)C)cc2)c1OC. The summed E-state index contributed by atoms with van der Waals surface area (Å²) in [5.41, 5.74) is 5.61. The maximum atomic E-state index is 5.91. The van der Waals surface area contributed by atoms with Crippen LogP contribution in [-0.2, 0) is 7.05 Å². The molecule has 5 aromatic rings. The van der Waals surface area contributed by atoms with E-state index in [-0.39, 0.29) is 0 Å². The topological polar surface area (TPSA) is 36.0 Å². The van der Waals surface area contributed by atoms with Gasteiger partial charge in [0.05, 0.1) is 51.6 Å². The third kappa shape index (κ3) is 3.55. The Hall–Kier alpha value is -3.83. The third-order valence-corrected chi connectivity index (χ3v) is 6.95. The first kappa shape index (κ1) is 22.9. The lowest BCUT2D eigenvalue weighted by Gasteiger charge is -2.18. The van der Waals surface area contributed by atoms with Crippen LogP contribution in [-0.4, -0.2) is 35.4 Å². The molecule has 4 aromatic carbocycles. The number of benzene rings is 4. The maximum Gasteiger partial charge on any atom is 0.220 e. The Kier molecular flexibility index (Phi) is 5.73. The highest BCUT2D eigenvalue weighted by Crippen LogP contribution is 2.46. The van der Waals surface area contributed by atoms with Crippen LogP contribution in [0.25, 0.3) is 43.6 Å². The summed E-state index contributed by atoms with van der Waals surface area (Å²) in [6.07, 6.45) is 2.16. The predicted molar refractivity (Wildman–Crippen MR) is 142 cm³/mol. The van der Waals surface area contributed by atoms with Gasteiger partial charge in [0.2, 0.25) is 5.52 Å². The minimum Gasteiger partial charge on any atom is -0.496 e. The summed E-state index contributed by atoms with van der Waals surface area (Å²) in [4.78, 5) is 1.29. The van der Waals surface area contributed by atoms with Gasteiger partial charge >= 0.3 is 0 Å². The summed E-state index contributed by atoms with van der Waals surface area (Å²) >= 11 is 0. The van der Waals surface area contributed by atoms with Gasteiger partial charge in [-0.05, 0) is 54.4 Å². The van der Waals surface area contributed by atoms with Gasteiger partial charge in [-0.2, -0.15) is 4.57 Å². The number of ether oxygens (including phenoxy) is 3. The number of pyridine rings is 1. The second-order valence-electron chi connectivity index (χ2n) is 9.24. The van der Waals surface area contributed by atoms with E-state index in [2.05, 4.69) is 93.4 Å². The van der Waals surface area contributed by atoms with E-state index >= 15 is 0 Å². The van der Waals surface area contributed by atoms with Crippen molar-refractivity contribution in [1.29, 1.82) is 0 Å². The molecule has 0 aliphatic carbocycles. The number of fused-ring (bicyclic) bond motifs is 5. The molecule has 5 nitrogen and oxygen atoms in total. The van der Waals surface area contributed by atoms with Crippen molar-refractivity contribution in [3.8, 4) is 28.4 Å². The first-order valence-electron chi connectivity index (χ1n) is 11.8. The van der Waals surface area contributed by atoms with E-state index < -0.39 is 0 Å². The molecule has 0 fully saturated rings. The molecule has 178 valence electrons. The molecule has 5 heteroatoms. The highest BCUT2D eigenvalue weighted by Gasteiger charge is 2.23. The minimum absolute atomic E-state index is 0.714. The third-order valence-electron chi connectivity index (χ3n) is 6.95. The Morgan fingerprint density at radius 2 is 1.34 bits per heavy atom. The molecular formula is C30H32N2O3+2. The average Bonchev–Trinajstić information content (AvgIpc) is 2.87. The number of hydrogen-bond donors (Lipinski definition) is 1. The zero-order chi connectivity index (χ0) is 24.9. The van der Waals surface area contributed by atoms with Crippen molar-refractivity contribution in [3.05, 3.63) is 66.4 Å². The molecule has 0 unspecified atom stereocenters. The molecule has 0 radical (unpaired) electrons. The summed E-state index contributed by atoms with van der Waals surface area (Å²) in [6.45, 7) is 2.08. The molecule has 0 spiro atoms. The van der Waals surface area contributed by atoms with Crippen molar-refractivity contribution < 1.29 is 23.7 Å². The van der Waals surface area contributed by atoms with Crippen molar-refractivity contribution >= 4 is 38.1 Å². The van der Waals surface area contributed by atoms with Gasteiger partial charge in [0.15, 0.2) is 17.7 Å². The smallest absolute Gasteiger partial charge is 0.220 e. The quantitative estimate of drug-likeness (QED) is 0.299. The van der Waals surface area contributed by atoms with Crippen molar-refractivity contribution in [2.24, 2.45) is 7.05 Å². The molecule has 1 aromatic heterocycles. The molecule has 35 heavy (non-hydrogen) atoms. The molecule has 5 rings (SSSR count). The van der Waals surface area contributed by atoms with Crippen molar-refractivity contribution in [2.45, 2.75) is 6.92 Å². The highest BCUT2D eigenvalue weighted by atomic mass is 16.5. The Bertz CT molecular complexity index is 1590. The summed E-state index contributed by atoms with van der Waals surface area (Å²) < 4.78 is 19.7. The lowest BCUT2D eigenvalue weighted by Crippen LogP contribution is -3.00. The Balaban J connectivity index is 1.92. The normalized spacial score (nSPS) is 11.5. The van der Waals surface area contributed by atoms with Gasteiger partial charge < -0.3 is 19.1 Å². The Morgan fingerprint density at radius 1 is 0.686 bits per heavy atom. The van der Waals surface area contributed by atoms with Crippen LogP contribution in [0.3, 0.4) is 0 Å². The number of nitrogens with one attached hydrogen (secondary N) is 1. The fraction of sp³-hybridized carbons (Fsp3) is 0.233. The molecular weight excluding hydrogens is 436 g/mol. The van der Waals surface area contributed by atoms with Crippen LogP contribution in [0.1, 0.15) is 5.56 Å². The second-order valence-corrected chi connectivity index (χ2v) is 9.24. The van der Waals surface area contributed by atoms with E-state index in [1.807, 2.05) is 0 Å². The van der Waals surface area contributed by atoms with Gasteiger partial charge in [0, 0.05) is 16.3 Å². The summed E-state index contributed by atoms with van der Waals surface area (Å²) in [5.74, 6) is 2.37. The molecule has 0 aliphatic rings. The van der Waals surface area contributed by atoms with E-state index in [9.17, 15) is 0 Å². The summed E-state index contributed by atoms with van der Waals surface area (Å²) in [5, 5.41) is 5.66. The van der Waals surface area contributed by atoms with Gasteiger partial charge in [0.1, 0.15) is 18.5 Å². The number of methoxy groups -OCH3 is 3. The van der Waals surface area contributed by atoms with Crippen LogP contribution < -0.4 is 23.7 Å². The molecule has 0 bridgehead atoms. The number of aryl methyl sites for hydroxylation is 2. The predicted octanol–water partition coefficient (Wildman–Crippen LogP) is 4.75. The van der Waals surface area contributed by atoms with E-state index in [0.717, 1.165) is 55.3 Å². The van der Waals surface area contributed by atoms with Crippen molar-refractivity contribution in [1.82, 2.24) is 0 Å². The largest absolute Gasteiger partial charge is 0.496 e. The molecule has 1 N–H and O–H groups in total. The summed E-state index contributed by atoms with van der Waals surface area (Å²) in [6, 6.07) is 19.5. The standard InChI is InChI=1S/C30H31N2O3/c1-18-8-13-21-23-15-14-22-24(28(23)32(4)17-25(21)29(18)34-6)16-26(33-5)30(35-7)27(22)19-9-11-20(12-10-19)31(2)3/h8-17H,1-7H3/q+1/p+1. The Morgan fingerprint density at radius 3 is 1.97 bits per heavy atom. The molecule has 0 aliphatic heterocycles. The van der Waals surface area contributed by atoms with Gasteiger partial charge in [-0.25, -0.2) is 0 Å². The fourth-order valence-electron chi connectivity index (χ4n) is 5.22. The highest BCUT2D eigenvalue weighted by molar-refractivity contribution is 6.18. The fourth-order valence-corrected chi connectivity index (χ4v) is 5.22. The van der Waals surface area contributed by atoms with E-state index in [4.69, 9.17) is 14.2 Å². The van der Waals surface area contributed by atoms with Crippen molar-refractivity contribution in [3.63, 3.8) is 0 Å². The van der Waals surface area contributed by atoms with Crippen LogP contribution in [0.5, 0.6) is 17.2 Å². The lowest BCUT2D eigenvalue weighted by molar-refractivity contribution is -0.786. The second kappa shape index (κ2) is 8.75. The van der Waals surface area contributed by atoms with Gasteiger partial charge in [0.25, 0.3) is 0 Å². The Labute approximate surface area is 206 Å². The van der Waals surface area contributed by atoms with Gasteiger partial charge in [-0.15, -0.1) is 0 Å². The molecule has 0 atom stereocenters.